The first kappa shape index (κ1) is 13.7. The van der Waals surface area contributed by atoms with Crippen LogP contribution in [0.3, 0.4) is 0 Å². The van der Waals surface area contributed by atoms with Gasteiger partial charge in [0.05, 0.1) is 5.69 Å². The van der Waals surface area contributed by atoms with Crippen LogP contribution in [0.5, 0.6) is 0 Å². The van der Waals surface area contributed by atoms with E-state index in [-0.39, 0.29) is 0 Å². The van der Waals surface area contributed by atoms with Gasteiger partial charge in [0.2, 0.25) is 0 Å². The van der Waals surface area contributed by atoms with Gasteiger partial charge in [-0.05, 0) is 24.6 Å². The van der Waals surface area contributed by atoms with E-state index in [1.807, 2.05) is 18.0 Å². The normalized spacial score (nSPS) is 16.3. The van der Waals surface area contributed by atoms with E-state index in [4.69, 9.17) is 0 Å². The van der Waals surface area contributed by atoms with Crippen molar-refractivity contribution >= 4 is 17.4 Å². The summed E-state index contributed by atoms with van der Waals surface area (Å²) in [7, 11) is 0. The van der Waals surface area contributed by atoms with Gasteiger partial charge in [-0.25, -0.2) is 0 Å². The van der Waals surface area contributed by atoms with Gasteiger partial charge in [-0.1, -0.05) is 13.8 Å². The number of nitrogens with zero attached hydrogens (tertiary/aromatic N) is 2. The average molecular weight is 265 g/mol. The van der Waals surface area contributed by atoms with E-state index in [1.165, 1.54) is 17.2 Å². The Hall–Kier alpha value is -0.740. The summed E-state index contributed by atoms with van der Waals surface area (Å²) >= 11 is 2.04. The Kier molecular flexibility index (Phi) is 5.32. The third kappa shape index (κ3) is 4.18. The molecule has 1 aliphatic rings. The van der Waals surface area contributed by atoms with Gasteiger partial charge in [-0.3, -0.25) is 4.98 Å². The lowest BCUT2D eigenvalue weighted by Gasteiger charge is -2.28. The molecule has 0 aromatic carbocycles. The predicted molar refractivity (Wildman–Crippen MR) is 80.3 cm³/mol. The van der Waals surface area contributed by atoms with Crippen molar-refractivity contribution in [3.8, 4) is 0 Å². The SMILES string of the molecule is CC(C)CNCc1cc(N2CCSCC2)ccn1. The number of hydrogen-bond acceptors (Lipinski definition) is 4. The molecule has 2 heterocycles. The zero-order valence-electron chi connectivity index (χ0n) is 11.4. The lowest BCUT2D eigenvalue weighted by atomic mass is 10.2. The maximum Gasteiger partial charge on any atom is 0.0562 e. The van der Waals surface area contributed by atoms with Crippen molar-refractivity contribution in [2.75, 3.05) is 36.0 Å². The van der Waals surface area contributed by atoms with Crippen molar-refractivity contribution < 1.29 is 0 Å². The van der Waals surface area contributed by atoms with Gasteiger partial charge in [0.15, 0.2) is 0 Å². The number of nitrogens with one attached hydrogen (secondary N) is 1. The highest BCUT2D eigenvalue weighted by atomic mass is 32.2. The van der Waals surface area contributed by atoms with Crippen LogP contribution in [0.2, 0.25) is 0 Å². The number of anilines is 1. The Morgan fingerprint density at radius 1 is 1.39 bits per heavy atom. The molecule has 0 spiro atoms. The molecule has 0 radical (unpaired) electrons. The molecule has 4 heteroatoms. The first-order valence-electron chi connectivity index (χ1n) is 6.74. The zero-order valence-corrected chi connectivity index (χ0v) is 12.2. The molecule has 0 aliphatic carbocycles. The van der Waals surface area contributed by atoms with Gasteiger partial charge in [-0.2, -0.15) is 11.8 Å². The Morgan fingerprint density at radius 2 is 2.17 bits per heavy atom. The maximum atomic E-state index is 4.44. The van der Waals surface area contributed by atoms with Crippen LogP contribution in [0.1, 0.15) is 19.5 Å². The lowest BCUT2D eigenvalue weighted by molar-refractivity contribution is 0.548. The number of thioether (sulfide) groups is 1. The van der Waals surface area contributed by atoms with Crippen LogP contribution in [-0.2, 0) is 6.54 Å². The van der Waals surface area contributed by atoms with Crippen molar-refractivity contribution in [3.05, 3.63) is 24.0 Å². The van der Waals surface area contributed by atoms with Crippen molar-refractivity contribution in [2.24, 2.45) is 5.92 Å². The van der Waals surface area contributed by atoms with Crippen molar-refractivity contribution in [1.82, 2.24) is 10.3 Å². The average Bonchev–Trinajstić information content (AvgIpc) is 2.40. The summed E-state index contributed by atoms with van der Waals surface area (Å²) in [5.41, 5.74) is 2.47. The molecule has 3 nitrogen and oxygen atoms in total. The molecule has 0 atom stereocenters. The predicted octanol–water partition coefficient (Wildman–Crippen LogP) is 2.38. The van der Waals surface area contributed by atoms with E-state index < -0.39 is 0 Å². The molecule has 1 aromatic rings. The molecular formula is C14H23N3S. The fraction of sp³-hybridized carbons (Fsp3) is 0.643. The first-order chi connectivity index (χ1) is 8.75. The van der Waals surface area contributed by atoms with E-state index in [0.717, 1.165) is 31.9 Å². The third-order valence-corrected chi connectivity index (χ3v) is 3.98. The molecule has 0 amide bonds. The molecule has 100 valence electrons. The number of hydrogen-bond donors (Lipinski definition) is 1. The second-order valence-corrected chi connectivity index (χ2v) is 6.35. The highest BCUT2D eigenvalue weighted by molar-refractivity contribution is 7.99. The van der Waals surface area contributed by atoms with Gasteiger partial charge in [-0.15, -0.1) is 0 Å². The Bertz CT molecular complexity index is 362. The minimum atomic E-state index is 0.687. The molecule has 2 rings (SSSR count). The number of aromatic nitrogens is 1. The summed E-state index contributed by atoms with van der Waals surface area (Å²) in [5, 5.41) is 3.45. The molecule has 0 saturated carbocycles. The van der Waals surface area contributed by atoms with Gasteiger partial charge >= 0.3 is 0 Å². The van der Waals surface area contributed by atoms with Gasteiger partial charge in [0.25, 0.3) is 0 Å². The van der Waals surface area contributed by atoms with Crippen LogP contribution in [0, 0.1) is 5.92 Å². The standard InChI is InChI=1S/C14H23N3S/c1-12(2)10-15-11-13-9-14(3-4-16-13)17-5-7-18-8-6-17/h3-4,9,12,15H,5-8,10-11H2,1-2H3. The summed E-state index contributed by atoms with van der Waals surface area (Å²) < 4.78 is 0. The van der Waals surface area contributed by atoms with Crippen LogP contribution < -0.4 is 10.2 Å². The van der Waals surface area contributed by atoms with Gasteiger partial charge in [0, 0.05) is 43.0 Å². The zero-order chi connectivity index (χ0) is 12.8. The maximum absolute atomic E-state index is 4.44. The molecule has 18 heavy (non-hydrogen) atoms. The van der Waals surface area contributed by atoms with Gasteiger partial charge < -0.3 is 10.2 Å². The molecule has 1 fully saturated rings. The first-order valence-corrected chi connectivity index (χ1v) is 7.89. The molecule has 1 N–H and O–H groups in total. The third-order valence-electron chi connectivity index (χ3n) is 3.04. The fourth-order valence-corrected chi connectivity index (χ4v) is 2.97. The monoisotopic (exact) mass is 265 g/mol. The number of pyridine rings is 1. The molecule has 0 unspecified atom stereocenters. The molecule has 1 aromatic heterocycles. The van der Waals surface area contributed by atoms with Crippen LogP contribution in [0.4, 0.5) is 5.69 Å². The van der Waals surface area contributed by atoms with E-state index >= 15 is 0 Å². The second kappa shape index (κ2) is 7.00. The second-order valence-electron chi connectivity index (χ2n) is 5.13. The van der Waals surface area contributed by atoms with Crippen molar-refractivity contribution in [3.63, 3.8) is 0 Å². The molecule has 0 bridgehead atoms. The molecule has 1 saturated heterocycles. The van der Waals surface area contributed by atoms with Gasteiger partial charge in [0.1, 0.15) is 0 Å². The highest BCUT2D eigenvalue weighted by Crippen LogP contribution is 2.19. The number of rotatable bonds is 5. The molecular weight excluding hydrogens is 242 g/mol. The van der Waals surface area contributed by atoms with E-state index in [9.17, 15) is 0 Å². The van der Waals surface area contributed by atoms with E-state index in [2.05, 4.69) is 41.2 Å². The molecule has 1 aliphatic heterocycles. The summed E-state index contributed by atoms with van der Waals surface area (Å²) in [5.74, 6) is 3.17. The van der Waals surface area contributed by atoms with Crippen molar-refractivity contribution in [1.29, 1.82) is 0 Å². The fourth-order valence-electron chi connectivity index (χ4n) is 2.07. The lowest BCUT2D eigenvalue weighted by Crippen LogP contribution is -2.32. The quantitative estimate of drug-likeness (QED) is 0.885. The largest absolute Gasteiger partial charge is 0.370 e. The minimum Gasteiger partial charge on any atom is -0.370 e. The Labute approximate surface area is 114 Å². The Balaban J connectivity index is 1.91. The van der Waals surface area contributed by atoms with E-state index in [1.54, 1.807) is 0 Å². The summed E-state index contributed by atoms with van der Waals surface area (Å²) in [4.78, 5) is 6.90. The summed E-state index contributed by atoms with van der Waals surface area (Å²) in [6.07, 6.45) is 1.93. The van der Waals surface area contributed by atoms with Crippen LogP contribution >= 0.6 is 11.8 Å². The minimum absolute atomic E-state index is 0.687. The van der Waals surface area contributed by atoms with Crippen LogP contribution in [0.25, 0.3) is 0 Å². The topological polar surface area (TPSA) is 28.2 Å². The smallest absolute Gasteiger partial charge is 0.0562 e. The van der Waals surface area contributed by atoms with Crippen LogP contribution in [-0.4, -0.2) is 36.1 Å². The van der Waals surface area contributed by atoms with E-state index in [0.29, 0.717) is 5.92 Å². The van der Waals surface area contributed by atoms with Crippen molar-refractivity contribution in [2.45, 2.75) is 20.4 Å². The van der Waals surface area contributed by atoms with Crippen LogP contribution in [0.15, 0.2) is 18.3 Å². The summed E-state index contributed by atoms with van der Waals surface area (Å²) in [6, 6.07) is 4.35. The summed E-state index contributed by atoms with van der Waals surface area (Å²) in [6.45, 7) is 8.69. The highest BCUT2D eigenvalue weighted by Gasteiger charge is 2.11. The Morgan fingerprint density at radius 3 is 2.89 bits per heavy atom.